The lowest BCUT2D eigenvalue weighted by Gasteiger charge is -2.04. The van der Waals surface area contributed by atoms with E-state index in [-0.39, 0.29) is 5.82 Å². The number of nitrogen functional groups attached to an aromatic ring is 1. The molecule has 0 spiro atoms. The van der Waals surface area contributed by atoms with E-state index >= 15 is 0 Å². The molecule has 0 fully saturated rings. The molecule has 0 aliphatic heterocycles. The van der Waals surface area contributed by atoms with Crippen molar-refractivity contribution in [2.75, 3.05) is 5.73 Å². The Morgan fingerprint density at radius 3 is 2.80 bits per heavy atom. The van der Waals surface area contributed by atoms with E-state index < -0.39 is 5.82 Å². The lowest BCUT2D eigenvalue weighted by Crippen LogP contribution is -1.97. The zero-order valence-corrected chi connectivity index (χ0v) is 12.2. The molecule has 0 unspecified atom stereocenters. The number of hydrogen-bond donors (Lipinski definition) is 1. The third-order valence-corrected chi connectivity index (χ3v) is 4.40. The van der Waals surface area contributed by atoms with Gasteiger partial charge in [-0.25, -0.2) is 14.4 Å². The standard InChI is InChI=1S/C14H11ClFN3S/c1-2-8-6-10-12(17)18-13(19-14(10)20-8)9-4-3-7(15)5-11(9)16/h3-6H,2H2,1H3,(H2,17,18,19). The average Bonchev–Trinajstić information content (AvgIpc) is 2.82. The van der Waals surface area contributed by atoms with Crippen molar-refractivity contribution in [3.63, 3.8) is 0 Å². The summed E-state index contributed by atoms with van der Waals surface area (Å²) in [5.41, 5.74) is 6.25. The number of fused-ring (bicyclic) bond motifs is 1. The second-order valence-electron chi connectivity index (χ2n) is 4.34. The molecule has 0 bridgehead atoms. The minimum Gasteiger partial charge on any atom is -0.383 e. The van der Waals surface area contributed by atoms with Gasteiger partial charge in [0.15, 0.2) is 5.82 Å². The predicted molar refractivity (Wildman–Crippen MR) is 81.6 cm³/mol. The summed E-state index contributed by atoms with van der Waals surface area (Å²) in [5, 5.41) is 1.16. The highest BCUT2D eigenvalue weighted by Crippen LogP contribution is 2.31. The van der Waals surface area contributed by atoms with E-state index in [1.807, 2.05) is 6.07 Å². The Morgan fingerprint density at radius 1 is 1.30 bits per heavy atom. The third-order valence-electron chi connectivity index (χ3n) is 2.99. The average molecular weight is 308 g/mol. The fourth-order valence-electron chi connectivity index (χ4n) is 1.96. The van der Waals surface area contributed by atoms with Crippen molar-refractivity contribution in [1.29, 1.82) is 0 Å². The second kappa shape index (κ2) is 5.00. The zero-order valence-electron chi connectivity index (χ0n) is 10.7. The number of aromatic nitrogens is 2. The number of nitrogens with zero attached hydrogens (tertiary/aromatic N) is 2. The molecule has 3 rings (SSSR count). The Morgan fingerprint density at radius 2 is 2.10 bits per heavy atom. The molecule has 2 aromatic heterocycles. The van der Waals surface area contributed by atoms with Crippen molar-refractivity contribution in [3.05, 3.63) is 40.0 Å². The number of rotatable bonds is 2. The summed E-state index contributed by atoms with van der Waals surface area (Å²) in [4.78, 5) is 10.6. The number of aryl methyl sites for hydroxylation is 1. The SMILES string of the molecule is CCc1cc2c(N)nc(-c3ccc(Cl)cc3F)nc2s1. The smallest absolute Gasteiger partial charge is 0.166 e. The van der Waals surface area contributed by atoms with Crippen LogP contribution in [0.3, 0.4) is 0 Å². The summed E-state index contributed by atoms with van der Waals surface area (Å²) in [6.45, 7) is 2.06. The van der Waals surface area contributed by atoms with Crippen LogP contribution in [-0.4, -0.2) is 9.97 Å². The van der Waals surface area contributed by atoms with Crippen LogP contribution < -0.4 is 5.73 Å². The molecule has 2 heterocycles. The molecule has 0 aliphatic rings. The molecule has 20 heavy (non-hydrogen) atoms. The normalized spacial score (nSPS) is 11.2. The Bertz CT molecular complexity index is 800. The summed E-state index contributed by atoms with van der Waals surface area (Å²) in [6.07, 6.45) is 0.908. The number of nitrogens with two attached hydrogens (primary N) is 1. The van der Waals surface area contributed by atoms with E-state index in [2.05, 4.69) is 16.9 Å². The number of halogens is 2. The Labute approximate surface area is 124 Å². The van der Waals surface area contributed by atoms with Crippen LogP contribution in [0.5, 0.6) is 0 Å². The molecule has 102 valence electrons. The minimum atomic E-state index is -0.455. The monoisotopic (exact) mass is 307 g/mol. The fourth-order valence-corrected chi connectivity index (χ4v) is 3.09. The van der Waals surface area contributed by atoms with Gasteiger partial charge < -0.3 is 5.73 Å². The molecule has 3 nitrogen and oxygen atoms in total. The van der Waals surface area contributed by atoms with Crippen LogP contribution in [0, 0.1) is 5.82 Å². The van der Waals surface area contributed by atoms with E-state index in [0.29, 0.717) is 16.4 Å². The van der Waals surface area contributed by atoms with Gasteiger partial charge in [0, 0.05) is 9.90 Å². The molecule has 0 saturated heterocycles. The maximum absolute atomic E-state index is 13.9. The molecule has 0 amide bonds. The quantitative estimate of drug-likeness (QED) is 0.768. The van der Waals surface area contributed by atoms with E-state index in [4.69, 9.17) is 17.3 Å². The van der Waals surface area contributed by atoms with Gasteiger partial charge >= 0.3 is 0 Å². The Kier molecular flexibility index (Phi) is 3.31. The first kappa shape index (κ1) is 13.3. The van der Waals surface area contributed by atoms with Gasteiger partial charge in [-0.05, 0) is 30.7 Å². The van der Waals surface area contributed by atoms with Crippen LogP contribution >= 0.6 is 22.9 Å². The van der Waals surface area contributed by atoms with E-state index in [1.54, 1.807) is 23.5 Å². The largest absolute Gasteiger partial charge is 0.383 e. The van der Waals surface area contributed by atoms with Crippen molar-refractivity contribution >= 4 is 39.0 Å². The van der Waals surface area contributed by atoms with Crippen LogP contribution in [0.2, 0.25) is 5.02 Å². The predicted octanol–water partition coefficient (Wildman–Crippen LogP) is 4.30. The van der Waals surface area contributed by atoms with Crippen molar-refractivity contribution in [3.8, 4) is 11.4 Å². The molecule has 3 aromatic rings. The Balaban J connectivity index is 2.21. The summed E-state index contributed by atoms with van der Waals surface area (Å²) in [7, 11) is 0. The summed E-state index contributed by atoms with van der Waals surface area (Å²) in [6, 6.07) is 6.39. The Hall–Kier alpha value is -1.72. The minimum absolute atomic E-state index is 0.286. The van der Waals surface area contributed by atoms with E-state index in [9.17, 15) is 4.39 Å². The van der Waals surface area contributed by atoms with Crippen molar-refractivity contribution in [2.24, 2.45) is 0 Å². The van der Waals surface area contributed by atoms with Gasteiger partial charge in [-0.2, -0.15) is 0 Å². The van der Waals surface area contributed by atoms with Crippen molar-refractivity contribution in [1.82, 2.24) is 9.97 Å². The molecule has 1 aromatic carbocycles. The van der Waals surface area contributed by atoms with Crippen LogP contribution in [0.25, 0.3) is 21.6 Å². The lowest BCUT2D eigenvalue weighted by molar-refractivity contribution is 0.630. The molecular formula is C14H11ClFN3S. The molecule has 0 aliphatic carbocycles. The second-order valence-corrected chi connectivity index (χ2v) is 5.89. The highest BCUT2D eigenvalue weighted by molar-refractivity contribution is 7.18. The first-order chi connectivity index (χ1) is 9.58. The zero-order chi connectivity index (χ0) is 14.3. The van der Waals surface area contributed by atoms with Crippen LogP contribution in [0.15, 0.2) is 24.3 Å². The lowest BCUT2D eigenvalue weighted by atomic mass is 10.2. The van der Waals surface area contributed by atoms with Gasteiger partial charge in [0.1, 0.15) is 16.5 Å². The third kappa shape index (κ3) is 2.23. The molecule has 6 heteroatoms. The van der Waals surface area contributed by atoms with Crippen LogP contribution in [-0.2, 0) is 6.42 Å². The summed E-state index contributed by atoms with van der Waals surface area (Å²) >= 11 is 7.30. The van der Waals surface area contributed by atoms with Crippen molar-refractivity contribution in [2.45, 2.75) is 13.3 Å². The highest BCUT2D eigenvalue weighted by Gasteiger charge is 2.13. The molecule has 0 atom stereocenters. The van der Waals surface area contributed by atoms with Gasteiger partial charge in [-0.1, -0.05) is 18.5 Å². The molecular weight excluding hydrogens is 297 g/mol. The number of benzene rings is 1. The fraction of sp³-hybridized carbons (Fsp3) is 0.143. The van der Waals surface area contributed by atoms with Gasteiger partial charge in [-0.15, -0.1) is 11.3 Å². The van der Waals surface area contributed by atoms with Crippen LogP contribution in [0.4, 0.5) is 10.2 Å². The maximum Gasteiger partial charge on any atom is 0.166 e. The first-order valence-electron chi connectivity index (χ1n) is 6.10. The van der Waals surface area contributed by atoms with E-state index in [1.165, 1.54) is 10.9 Å². The summed E-state index contributed by atoms with van der Waals surface area (Å²) < 4.78 is 13.9. The van der Waals surface area contributed by atoms with E-state index in [0.717, 1.165) is 16.6 Å². The highest BCUT2D eigenvalue weighted by atomic mass is 35.5. The number of thiophene rings is 1. The number of anilines is 1. The topological polar surface area (TPSA) is 51.8 Å². The molecule has 0 radical (unpaired) electrons. The van der Waals surface area contributed by atoms with Gasteiger partial charge in [-0.3, -0.25) is 0 Å². The van der Waals surface area contributed by atoms with Gasteiger partial charge in [0.25, 0.3) is 0 Å². The van der Waals surface area contributed by atoms with Gasteiger partial charge in [0.2, 0.25) is 0 Å². The maximum atomic E-state index is 13.9. The first-order valence-corrected chi connectivity index (χ1v) is 7.29. The summed E-state index contributed by atoms with van der Waals surface area (Å²) in [5.74, 6) is 0.201. The van der Waals surface area contributed by atoms with Crippen LogP contribution in [0.1, 0.15) is 11.8 Å². The molecule has 2 N–H and O–H groups in total. The molecule has 0 saturated carbocycles. The number of hydrogen-bond acceptors (Lipinski definition) is 4. The van der Waals surface area contributed by atoms with Gasteiger partial charge in [0.05, 0.1) is 10.9 Å². The van der Waals surface area contributed by atoms with Crippen molar-refractivity contribution < 1.29 is 4.39 Å².